The first-order chi connectivity index (χ1) is 13.9. The summed E-state index contributed by atoms with van der Waals surface area (Å²) in [5.41, 5.74) is 0.627. The van der Waals surface area contributed by atoms with Gasteiger partial charge in [0.2, 0.25) is 0 Å². The highest BCUT2D eigenvalue weighted by Gasteiger charge is 2.27. The van der Waals surface area contributed by atoms with Crippen molar-refractivity contribution in [3.8, 4) is 0 Å². The van der Waals surface area contributed by atoms with E-state index < -0.39 is 16.4 Å². The Balaban J connectivity index is 1.88. The van der Waals surface area contributed by atoms with Crippen LogP contribution in [-0.2, 0) is 16.6 Å². The molecule has 0 bridgehead atoms. The summed E-state index contributed by atoms with van der Waals surface area (Å²) in [5.74, 6) is 0. The number of fused-ring (bicyclic) bond motifs is 1. The molecule has 3 aromatic rings. The van der Waals surface area contributed by atoms with Gasteiger partial charge in [0.05, 0.1) is 10.5 Å². The van der Waals surface area contributed by atoms with Crippen molar-refractivity contribution >= 4 is 32.5 Å². The average Bonchev–Trinajstić information content (AvgIpc) is 3.11. The largest absolute Gasteiger partial charge is 0.314 e. The lowest BCUT2D eigenvalue weighted by Gasteiger charge is -2.27. The molecule has 1 aliphatic heterocycles. The predicted molar refractivity (Wildman–Crippen MR) is 109 cm³/mol. The topological polar surface area (TPSA) is 54.3 Å². The van der Waals surface area contributed by atoms with Crippen LogP contribution in [0.2, 0.25) is 5.02 Å². The van der Waals surface area contributed by atoms with Crippen molar-refractivity contribution < 1.29 is 17.2 Å². The molecule has 29 heavy (non-hydrogen) atoms. The molecule has 9 heteroatoms. The van der Waals surface area contributed by atoms with Gasteiger partial charge in [0.25, 0.3) is 16.4 Å². The molecule has 0 atom stereocenters. The molecule has 1 aromatic heterocycles. The van der Waals surface area contributed by atoms with E-state index in [1.807, 2.05) is 0 Å². The molecular formula is C20H20ClF2N3O2S. The molecule has 1 N–H and O–H groups in total. The predicted octanol–water partition coefficient (Wildman–Crippen LogP) is 3.87. The van der Waals surface area contributed by atoms with Gasteiger partial charge in [0.1, 0.15) is 4.90 Å². The van der Waals surface area contributed by atoms with Crippen LogP contribution in [0.5, 0.6) is 0 Å². The number of piperazine rings is 1. The van der Waals surface area contributed by atoms with Gasteiger partial charge >= 0.3 is 0 Å². The second-order valence-corrected chi connectivity index (χ2v) is 9.14. The molecule has 0 saturated carbocycles. The number of halogens is 3. The third-order valence-corrected chi connectivity index (χ3v) is 7.30. The number of alkyl halides is 2. The minimum atomic E-state index is -4.13. The van der Waals surface area contributed by atoms with Gasteiger partial charge in [0, 0.05) is 49.9 Å². The second-order valence-electron chi connectivity index (χ2n) is 6.95. The molecule has 0 amide bonds. The van der Waals surface area contributed by atoms with E-state index in [1.165, 1.54) is 12.1 Å². The maximum atomic E-state index is 13.9. The van der Waals surface area contributed by atoms with Gasteiger partial charge in [-0.05, 0) is 23.8 Å². The van der Waals surface area contributed by atoms with Crippen molar-refractivity contribution in [2.45, 2.75) is 17.9 Å². The number of hydrogen-bond donors (Lipinski definition) is 1. The lowest BCUT2D eigenvalue weighted by atomic mass is 10.1. The summed E-state index contributed by atoms with van der Waals surface area (Å²) in [5, 5.41) is 3.59. The Morgan fingerprint density at radius 2 is 1.79 bits per heavy atom. The van der Waals surface area contributed by atoms with E-state index in [-0.39, 0.29) is 26.4 Å². The zero-order valence-electron chi connectivity index (χ0n) is 15.5. The fraction of sp³-hybridized carbons (Fsp3) is 0.300. The van der Waals surface area contributed by atoms with Crippen LogP contribution in [0, 0.1) is 0 Å². The van der Waals surface area contributed by atoms with Gasteiger partial charge in [-0.25, -0.2) is 21.2 Å². The highest BCUT2D eigenvalue weighted by molar-refractivity contribution is 7.90. The van der Waals surface area contributed by atoms with Gasteiger partial charge in [-0.1, -0.05) is 35.9 Å². The summed E-state index contributed by atoms with van der Waals surface area (Å²) in [6, 6.07) is 11.0. The maximum absolute atomic E-state index is 13.9. The zero-order chi connectivity index (χ0) is 20.6. The van der Waals surface area contributed by atoms with E-state index in [2.05, 4.69) is 10.2 Å². The van der Waals surface area contributed by atoms with Crippen LogP contribution in [0.3, 0.4) is 0 Å². The van der Waals surface area contributed by atoms with E-state index in [0.717, 1.165) is 36.3 Å². The van der Waals surface area contributed by atoms with E-state index in [9.17, 15) is 17.2 Å². The number of nitrogens with one attached hydrogen (secondary N) is 1. The molecule has 0 radical (unpaired) electrons. The van der Waals surface area contributed by atoms with Crippen LogP contribution in [-0.4, -0.2) is 43.5 Å². The van der Waals surface area contributed by atoms with Crippen molar-refractivity contribution in [1.82, 2.24) is 14.2 Å². The van der Waals surface area contributed by atoms with Crippen LogP contribution in [0.25, 0.3) is 10.9 Å². The molecule has 154 valence electrons. The molecule has 0 unspecified atom stereocenters. The van der Waals surface area contributed by atoms with Gasteiger partial charge < -0.3 is 5.32 Å². The Labute approximate surface area is 172 Å². The monoisotopic (exact) mass is 439 g/mol. The summed E-state index contributed by atoms with van der Waals surface area (Å²) < 4.78 is 55.1. The molecule has 1 saturated heterocycles. The van der Waals surface area contributed by atoms with E-state index in [1.54, 1.807) is 30.3 Å². The van der Waals surface area contributed by atoms with Crippen LogP contribution >= 0.6 is 11.6 Å². The van der Waals surface area contributed by atoms with E-state index >= 15 is 0 Å². The van der Waals surface area contributed by atoms with Crippen molar-refractivity contribution in [1.29, 1.82) is 0 Å². The van der Waals surface area contributed by atoms with Crippen LogP contribution in [0.4, 0.5) is 8.78 Å². The standard InChI is InChI=1S/C20H20ClF2N3O2S/c21-16-5-1-2-7-18(16)29(27,28)26-13-15(20(22)23)19-14(4-3-6-17(19)26)12-25-10-8-24-9-11-25/h1-7,13,20,24H,8-12H2. The molecule has 0 spiro atoms. The van der Waals surface area contributed by atoms with E-state index in [4.69, 9.17) is 11.6 Å². The molecule has 2 heterocycles. The second kappa shape index (κ2) is 8.02. The Hall–Kier alpha value is -2.00. The third kappa shape index (κ3) is 3.77. The average molecular weight is 440 g/mol. The van der Waals surface area contributed by atoms with Crippen LogP contribution in [0.1, 0.15) is 17.6 Å². The summed E-state index contributed by atoms with van der Waals surface area (Å²) in [7, 11) is -4.13. The first kappa shape index (κ1) is 20.3. The van der Waals surface area contributed by atoms with Gasteiger partial charge in [-0.3, -0.25) is 4.90 Å². The van der Waals surface area contributed by atoms with Gasteiger partial charge in [0.15, 0.2) is 0 Å². The SMILES string of the molecule is O=S(=O)(c1ccccc1Cl)n1cc(C(F)F)c2c(CN3CCNCC3)cccc21. The quantitative estimate of drug-likeness (QED) is 0.655. The number of rotatable bonds is 5. The fourth-order valence-corrected chi connectivity index (χ4v) is 5.60. The lowest BCUT2D eigenvalue weighted by molar-refractivity contribution is 0.153. The molecular weight excluding hydrogens is 420 g/mol. The lowest BCUT2D eigenvalue weighted by Crippen LogP contribution is -2.42. The van der Waals surface area contributed by atoms with Gasteiger partial charge in [-0.2, -0.15) is 0 Å². The van der Waals surface area contributed by atoms with Crippen molar-refractivity contribution in [3.05, 3.63) is 64.8 Å². The summed E-state index contributed by atoms with van der Waals surface area (Å²) in [6.07, 6.45) is -1.78. The molecule has 0 aliphatic carbocycles. The van der Waals surface area contributed by atoms with Gasteiger partial charge in [-0.15, -0.1) is 0 Å². The number of nitrogens with zero attached hydrogens (tertiary/aromatic N) is 2. The first-order valence-corrected chi connectivity index (χ1v) is 11.1. The Kier molecular flexibility index (Phi) is 5.61. The van der Waals surface area contributed by atoms with Crippen molar-refractivity contribution in [3.63, 3.8) is 0 Å². The van der Waals surface area contributed by atoms with Crippen molar-refractivity contribution in [2.75, 3.05) is 26.2 Å². The zero-order valence-corrected chi connectivity index (χ0v) is 17.1. The minimum Gasteiger partial charge on any atom is -0.314 e. The molecule has 4 rings (SSSR count). The van der Waals surface area contributed by atoms with Crippen molar-refractivity contribution in [2.24, 2.45) is 0 Å². The highest BCUT2D eigenvalue weighted by Crippen LogP contribution is 2.35. The Morgan fingerprint density at radius 1 is 1.07 bits per heavy atom. The summed E-state index contributed by atoms with van der Waals surface area (Å²) >= 11 is 6.09. The summed E-state index contributed by atoms with van der Waals surface area (Å²) in [6.45, 7) is 3.76. The normalized spacial score (nSPS) is 16.0. The number of aromatic nitrogens is 1. The Bertz CT molecular complexity index is 1140. The number of benzene rings is 2. The maximum Gasteiger partial charge on any atom is 0.269 e. The smallest absolute Gasteiger partial charge is 0.269 e. The number of hydrogen-bond acceptors (Lipinski definition) is 4. The summed E-state index contributed by atoms with van der Waals surface area (Å²) in [4.78, 5) is 2.05. The fourth-order valence-electron chi connectivity index (χ4n) is 3.73. The van der Waals surface area contributed by atoms with Crippen LogP contribution < -0.4 is 5.32 Å². The minimum absolute atomic E-state index is 0.0462. The highest BCUT2D eigenvalue weighted by atomic mass is 35.5. The molecule has 5 nitrogen and oxygen atoms in total. The van der Waals surface area contributed by atoms with Crippen LogP contribution in [0.15, 0.2) is 53.6 Å². The molecule has 1 aliphatic rings. The first-order valence-electron chi connectivity index (χ1n) is 9.24. The Morgan fingerprint density at radius 3 is 2.48 bits per heavy atom. The molecule has 1 fully saturated rings. The van der Waals surface area contributed by atoms with E-state index in [0.29, 0.717) is 12.1 Å². The third-order valence-electron chi connectivity index (χ3n) is 5.12. The molecule has 2 aromatic carbocycles.